The number of anilines is 1. The van der Waals surface area contributed by atoms with Gasteiger partial charge in [0.25, 0.3) is 0 Å². The van der Waals surface area contributed by atoms with Crippen LogP contribution < -0.4 is 19.1 Å². The summed E-state index contributed by atoms with van der Waals surface area (Å²) in [5.41, 5.74) is 1.55. The second-order valence-corrected chi connectivity index (χ2v) is 9.02. The first-order valence-corrected chi connectivity index (χ1v) is 12.3. The maximum atomic E-state index is 12.9. The van der Waals surface area contributed by atoms with Gasteiger partial charge in [-0.2, -0.15) is 0 Å². The number of hydrogen-bond acceptors (Lipinski definition) is 5. The van der Waals surface area contributed by atoms with E-state index in [0.717, 1.165) is 34.7 Å². The number of carbonyl (C=O) groups excluding carboxylic acids is 1. The highest BCUT2D eigenvalue weighted by Gasteiger charge is 2.31. The van der Waals surface area contributed by atoms with Crippen LogP contribution in [0.5, 0.6) is 11.5 Å². The molecule has 0 aliphatic rings. The van der Waals surface area contributed by atoms with Crippen molar-refractivity contribution in [2.24, 2.45) is 0 Å². The zero-order chi connectivity index (χ0) is 22.9. The van der Waals surface area contributed by atoms with E-state index in [-0.39, 0.29) is 5.91 Å². The van der Waals surface area contributed by atoms with Crippen LogP contribution in [0.1, 0.15) is 32.3 Å². The second kappa shape index (κ2) is 11.6. The monoisotopic (exact) mass is 448 g/mol. The molecule has 0 saturated carbocycles. The number of nitrogens with zero attached hydrogens (tertiary/aromatic N) is 1. The molecule has 0 radical (unpaired) electrons. The third-order valence-corrected chi connectivity index (χ3v) is 5.99. The van der Waals surface area contributed by atoms with Crippen LogP contribution in [0.4, 0.5) is 5.69 Å². The molecule has 1 atom stereocenters. The van der Waals surface area contributed by atoms with E-state index in [1.54, 1.807) is 31.2 Å². The molecule has 1 N–H and O–H groups in total. The van der Waals surface area contributed by atoms with Crippen molar-refractivity contribution in [2.45, 2.75) is 39.2 Å². The van der Waals surface area contributed by atoms with Gasteiger partial charge in [-0.15, -0.1) is 0 Å². The van der Waals surface area contributed by atoms with E-state index in [4.69, 9.17) is 9.47 Å². The third kappa shape index (κ3) is 7.17. The van der Waals surface area contributed by atoms with Crippen molar-refractivity contribution in [3.05, 3.63) is 54.1 Å². The van der Waals surface area contributed by atoms with Gasteiger partial charge in [-0.05, 0) is 56.0 Å². The van der Waals surface area contributed by atoms with Crippen LogP contribution >= 0.6 is 0 Å². The summed E-state index contributed by atoms with van der Waals surface area (Å²) in [7, 11) is -2.16. The average Bonchev–Trinajstić information content (AvgIpc) is 2.75. The molecule has 31 heavy (non-hydrogen) atoms. The van der Waals surface area contributed by atoms with Crippen LogP contribution in [-0.2, 0) is 21.2 Å². The van der Waals surface area contributed by atoms with E-state index in [9.17, 15) is 13.2 Å². The van der Waals surface area contributed by atoms with Crippen molar-refractivity contribution in [3.8, 4) is 11.5 Å². The molecule has 170 valence electrons. The summed E-state index contributed by atoms with van der Waals surface area (Å²) in [6.45, 7) is 4.82. The summed E-state index contributed by atoms with van der Waals surface area (Å²) in [5.74, 6) is 1.04. The molecular formula is C23H32N2O5S. The van der Waals surface area contributed by atoms with E-state index < -0.39 is 16.1 Å². The molecule has 0 spiro atoms. The number of carbonyl (C=O) groups is 1. The van der Waals surface area contributed by atoms with E-state index >= 15 is 0 Å². The van der Waals surface area contributed by atoms with Crippen LogP contribution in [0.15, 0.2) is 48.5 Å². The fourth-order valence-corrected chi connectivity index (χ4v) is 4.55. The lowest BCUT2D eigenvalue weighted by molar-refractivity contribution is -0.122. The van der Waals surface area contributed by atoms with Gasteiger partial charge >= 0.3 is 0 Å². The topological polar surface area (TPSA) is 84.9 Å². The van der Waals surface area contributed by atoms with Crippen molar-refractivity contribution < 1.29 is 22.7 Å². The standard InChI is InChI=1S/C23H32N2O5S/c1-5-22(25(31(4,27)28)19-10-7-11-21(17-19)29-3)23(26)24-16-8-9-18-12-14-20(15-13-18)30-6-2/h7,10-15,17,22H,5-6,8-9,16H2,1-4H3,(H,24,26). The first-order chi connectivity index (χ1) is 14.8. The number of nitrogens with one attached hydrogen (secondary N) is 1. The molecule has 0 fully saturated rings. The lowest BCUT2D eigenvalue weighted by Crippen LogP contribution is -2.49. The van der Waals surface area contributed by atoms with Gasteiger partial charge in [0.1, 0.15) is 17.5 Å². The minimum atomic E-state index is -3.68. The Labute approximate surface area is 185 Å². The number of rotatable bonds is 12. The number of ether oxygens (including phenoxy) is 2. The van der Waals surface area contributed by atoms with Crippen LogP contribution in [-0.4, -0.2) is 46.9 Å². The van der Waals surface area contributed by atoms with Crippen LogP contribution in [0.25, 0.3) is 0 Å². The Morgan fingerprint density at radius 2 is 1.81 bits per heavy atom. The van der Waals surface area contributed by atoms with Crippen LogP contribution in [0.3, 0.4) is 0 Å². The maximum absolute atomic E-state index is 12.9. The number of benzene rings is 2. The van der Waals surface area contributed by atoms with E-state index in [1.807, 2.05) is 31.2 Å². The van der Waals surface area contributed by atoms with Crippen molar-refractivity contribution >= 4 is 21.6 Å². The van der Waals surface area contributed by atoms with Crippen LogP contribution in [0, 0.1) is 0 Å². The summed E-state index contributed by atoms with van der Waals surface area (Å²) < 4.78 is 36.8. The second-order valence-electron chi connectivity index (χ2n) is 7.16. The van der Waals surface area contributed by atoms with Gasteiger partial charge in [-0.1, -0.05) is 25.1 Å². The maximum Gasteiger partial charge on any atom is 0.243 e. The predicted octanol–water partition coefficient (Wildman–Crippen LogP) is 3.39. The largest absolute Gasteiger partial charge is 0.497 e. The van der Waals surface area contributed by atoms with Gasteiger partial charge in [-0.3, -0.25) is 9.10 Å². The zero-order valence-corrected chi connectivity index (χ0v) is 19.4. The Morgan fingerprint density at radius 1 is 1.10 bits per heavy atom. The third-order valence-electron chi connectivity index (χ3n) is 4.81. The molecule has 0 bridgehead atoms. The van der Waals surface area contributed by atoms with Crippen molar-refractivity contribution in [1.82, 2.24) is 5.32 Å². The lowest BCUT2D eigenvalue weighted by atomic mass is 10.1. The molecule has 2 rings (SSSR count). The fraction of sp³-hybridized carbons (Fsp3) is 0.435. The van der Waals surface area contributed by atoms with Crippen molar-refractivity contribution in [2.75, 3.05) is 30.8 Å². The predicted molar refractivity (Wildman–Crippen MR) is 123 cm³/mol. The summed E-state index contributed by atoms with van der Waals surface area (Å²) >= 11 is 0. The highest BCUT2D eigenvalue weighted by molar-refractivity contribution is 7.92. The number of aryl methyl sites for hydroxylation is 1. The SMILES string of the molecule is CCOc1ccc(CCCNC(=O)C(CC)N(c2cccc(OC)c2)S(C)(=O)=O)cc1. The molecule has 2 aromatic rings. The van der Waals surface area contributed by atoms with E-state index in [2.05, 4.69) is 5.32 Å². The van der Waals surface area contributed by atoms with Gasteiger partial charge < -0.3 is 14.8 Å². The lowest BCUT2D eigenvalue weighted by Gasteiger charge is -2.30. The molecule has 0 aliphatic heterocycles. The number of amides is 1. The summed E-state index contributed by atoms with van der Waals surface area (Å²) in [6.07, 6.45) is 2.99. The number of sulfonamides is 1. The molecule has 0 saturated heterocycles. The first-order valence-electron chi connectivity index (χ1n) is 10.4. The van der Waals surface area contributed by atoms with Crippen molar-refractivity contribution in [1.29, 1.82) is 0 Å². The molecule has 0 heterocycles. The molecule has 0 aromatic heterocycles. The van der Waals surface area contributed by atoms with Gasteiger partial charge in [0.2, 0.25) is 15.9 Å². The van der Waals surface area contributed by atoms with Gasteiger partial charge in [0.15, 0.2) is 0 Å². The molecule has 8 heteroatoms. The fourth-order valence-electron chi connectivity index (χ4n) is 3.35. The smallest absolute Gasteiger partial charge is 0.243 e. The van der Waals surface area contributed by atoms with Gasteiger partial charge in [-0.25, -0.2) is 8.42 Å². The van der Waals surface area contributed by atoms with Crippen molar-refractivity contribution in [3.63, 3.8) is 0 Å². The molecule has 0 aliphatic carbocycles. The minimum absolute atomic E-state index is 0.317. The Kier molecular flexibility index (Phi) is 9.18. The van der Waals surface area contributed by atoms with Gasteiger partial charge in [0, 0.05) is 12.6 Å². The van der Waals surface area contributed by atoms with E-state index in [1.165, 1.54) is 7.11 Å². The number of hydrogen-bond donors (Lipinski definition) is 1. The highest BCUT2D eigenvalue weighted by atomic mass is 32.2. The summed E-state index contributed by atoms with van der Waals surface area (Å²) in [6, 6.07) is 13.7. The molecule has 1 unspecified atom stereocenters. The molecule has 1 amide bonds. The Bertz CT molecular complexity index is 945. The highest BCUT2D eigenvalue weighted by Crippen LogP contribution is 2.26. The summed E-state index contributed by atoms with van der Waals surface area (Å²) in [5, 5.41) is 2.89. The molecule has 2 aromatic carbocycles. The Hall–Kier alpha value is -2.74. The molecule has 7 nitrogen and oxygen atoms in total. The average molecular weight is 449 g/mol. The number of methoxy groups -OCH3 is 1. The van der Waals surface area contributed by atoms with Crippen LogP contribution in [0.2, 0.25) is 0 Å². The Morgan fingerprint density at radius 3 is 2.39 bits per heavy atom. The quantitative estimate of drug-likeness (QED) is 0.503. The normalized spacial score (nSPS) is 12.1. The Balaban J connectivity index is 2.01. The molecular weight excluding hydrogens is 416 g/mol. The van der Waals surface area contributed by atoms with E-state index in [0.29, 0.717) is 31.0 Å². The zero-order valence-electron chi connectivity index (χ0n) is 18.6. The van der Waals surface area contributed by atoms with Gasteiger partial charge in [0.05, 0.1) is 25.7 Å². The first kappa shape index (κ1) is 24.5. The summed E-state index contributed by atoms with van der Waals surface area (Å²) in [4.78, 5) is 12.9. The minimum Gasteiger partial charge on any atom is -0.497 e.